The maximum Gasteiger partial charge on any atom is 0.125 e. The quantitative estimate of drug-likeness (QED) is 0.380. The Bertz CT molecular complexity index is 1350. The molecule has 1 aliphatic heterocycles. The average molecular weight is 473 g/mol. The number of pyridine rings is 1. The predicted molar refractivity (Wildman–Crippen MR) is 140 cm³/mol. The number of fused-ring (bicyclic) bond motifs is 2. The van der Waals surface area contributed by atoms with E-state index in [1.807, 2.05) is 25.4 Å². The minimum absolute atomic E-state index is 0.161. The summed E-state index contributed by atoms with van der Waals surface area (Å²) >= 11 is 0. The lowest BCUT2D eigenvalue weighted by Gasteiger charge is -2.42. The van der Waals surface area contributed by atoms with Crippen LogP contribution in [0.3, 0.4) is 0 Å². The van der Waals surface area contributed by atoms with Gasteiger partial charge in [0.15, 0.2) is 0 Å². The molecule has 1 saturated carbocycles. The zero-order valence-corrected chi connectivity index (χ0v) is 20.6. The van der Waals surface area contributed by atoms with Crippen LogP contribution in [0.5, 0.6) is 5.75 Å². The standard InChI is InChI=1S/C29H33FN4O/c1-32-19-26(25-10-7-22(30)17-27(25)32)20-5-8-23(9-6-20)33-12-14-34(15-13-33)28-18-24(35-2)16-21-4-3-11-31-29(21)28/h3-4,7,10-11,16-20,23H,5-6,8-9,12-15H2,1-2H3. The van der Waals surface area contributed by atoms with Crippen LogP contribution in [0.2, 0.25) is 0 Å². The molecule has 5 nitrogen and oxygen atoms in total. The normalized spacial score (nSPS) is 21.6. The first-order valence-corrected chi connectivity index (χ1v) is 12.8. The van der Waals surface area contributed by atoms with E-state index >= 15 is 0 Å². The van der Waals surface area contributed by atoms with Gasteiger partial charge in [0.1, 0.15) is 11.6 Å². The lowest BCUT2D eigenvalue weighted by molar-refractivity contribution is 0.141. The second kappa shape index (κ2) is 9.15. The third-order valence-electron chi connectivity index (χ3n) is 8.19. The number of hydrogen-bond donors (Lipinski definition) is 0. The third-order valence-corrected chi connectivity index (χ3v) is 8.19. The van der Waals surface area contributed by atoms with Gasteiger partial charge in [-0.15, -0.1) is 0 Å². The molecule has 0 amide bonds. The Morgan fingerprint density at radius 1 is 0.971 bits per heavy atom. The Morgan fingerprint density at radius 3 is 2.54 bits per heavy atom. The average Bonchev–Trinajstić information content (AvgIpc) is 3.23. The molecule has 2 aromatic carbocycles. The van der Waals surface area contributed by atoms with Crippen LogP contribution in [0.15, 0.2) is 54.9 Å². The molecule has 4 aromatic rings. The van der Waals surface area contributed by atoms with Gasteiger partial charge in [0, 0.05) is 68.5 Å². The minimum atomic E-state index is -0.161. The van der Waals surface area contributed by atoms with Crippen molar-refractivity contribution in [2.45, 2.75) is 37.6 Å². The molecule has 1 saturated heterocycles. The number of ether oxygens (including phenoxy) is 1. The molecule has 182 valence electrons. The summed E-state index contributed by atoms with van der Waals surface area (Å²) in [6.07, 6.45) is 8.95. The van der Waals surface area contributed by atoms with Crippen LogP contribution in [-0.2, 0) is 7.05 Å². The van der Waals surface area contributed by atoms with E-state index in [0.29, 0.717) is 12.0 Å². The molecule has 35 heavy (non-hydrogen) atoms. The lowest BCUT2D eigenvalue weighted by atomic mass is 9.81. The Hall–Kier alpha value is -3.12. The van der Waals surface area contributed by atoms with Crippen LogP contribution < -0.4 is 9.64 Å². The number of aryl methyl sites for hydroxylation is 1. The first kappa shape index (κ1) is 22.4. The van der Waals surface area contributed by atoms with Crippen LogP contribution in [0.4, 0.5) is 10.1 Å². The Labute approximate surface area is 206 Å². The Kier molecular flexibility index (Phi) is 5.85. The first-order chi connectivity index (χ1) is 17.1. The zero-order valence-electron chi connectivity index (χ0n) is 20.6. The van der Waals surface area contributed by atoms with Crippen LogP contribution >= 0.6 is 0 Å². The molecule has 2 aliphatic rings. The fourth-order valence-electron chi connectivity index (χ4n) is 6.30. The summed E-state index contributed by atoms with van der Waals surface area (Å²) in [5.74, 6) is 1.29. The first-order valence-electron chi connectivity index (χ1n) is 12.8. The molecule has 1 aliphatic carbocycles. The minimum Gasteiger partial charge on any atom is -0.497 e. The Balaban J connectivity index is 1.11. The molecule has 0 unspecified atom stereocenters. The number of hydrogen-bond acceptors (Lipinski definition) is 4. The monoisotopic (exact) mass is 472 g/mol. The van der Waals surface area contributed by atoms with E-state index in [9.17, 15) is 4.39 Å². The highest BCUT2D eigenvalue weighted by molar-refractivity contribution is 5.92. The van der Waals surface area contributed by atoms with Gasteiger partial charge in [0.2, 0.25) is 0 Å². The fourth-order valence-corrected chi connectivity index (χ4v) is 6.30. The summed E-state index contributed by atoms with van der Waals surface area (Å²) in [6, 6.07) is 14.2. The number of piperazine rings is 1. The highest BCUT2D eigenvalue weighted by Crippen LogP contribution is 2.39. The molecule has 0 N–H and O–H groups in total. The van der Waals surface area contributed by atoms with Crippen molar-refractivity contribution in [3.63, 3.8) is 0 Å². The highest BCUT2D eigenvalue weighted by Gasteiger charge is 2.30. The largest absolute Gasteiger partial charge is 0.497 e. The molecule has 0 spiro atoms. The summed E-state index contributed by atoms with van der Waals surface area (Å²) in [5.41, 5.74) is 4.62. The molecule has 0 radical (unpaired) electrons. The van der Waals surface area contributed by atoms with Crippen molar-refractivity contribution in [2.75, 3.05) is 38.2 Å². The van der Waals surface area contributed by atoms with Gasteiger partial charge in [0.25, 0.3) is 0 Å². The number of rotatable bonds is 4. The molecule has 3 heterocycles. The summed E-state index contributed by atoms with van der Waals surface area (Å²) in [6.45, 7) is 4.17. The zero-order chi connectivity index (χ0) is 23.9. The maximum absolute atomic E-state index is 13.7. The number of methoxy groups -OCH3 is 1. The third kappa shape index (κ3) is 4.14. The lowest BCUT2D eigenvalue weighted by Crippen LogP contribution is -2.51. The Morgan fingerprint density at radius 2 is 1.77 bits per heavy atom. The van der Waals surface area contributed by atoms with Crippen LogP contribution in [0.1, 0.15) is 37.2 Å². The number of anilines is 1. The van der Waals surface area contributed by atoms with Gasteiger partial charge in [-0.25, -0.2) is 4.39 Å². The van der Waals surface area contributed by atoms with Crippen molar-refractivity contribution in [3.8, 4) is 5.75 Å². The maximum atomic E-state index is 13.7. The molecule has 2 fully saturated rings. The molecule has 6 heteroatoms. The van der Waals surface area contributed by atoms with Crippen molar-refractivity contribution >= 4 is 27.5 Å². The van der Waals surface area contributed by atoms with Gasteiger partial charge in [-0.2, -0.15) is 0 Å². The molecule has 0 bridgehead atoms. The van der Waals surface area contributed by atoms with E-state index in [4.69, 9.17) is 4.74 Å². The van der Waals surface area contributed by atoms with Crippen molar-refractivity contribution in [3.05, 3.63) is 66.2 Å². The predicted octanol–water partition coefficient (Wildman–Crippen LogP) is 5.72. The van der Waals surface area contributed by atoms with Gasteiger partial charge in [-0.05, 0) is 67.5 Å². The van der Waals surface area contributed by atoms with E-state index in [-0.39, 0.29) is 5.82 Å². The summed E-state index contributed by atoms with van der Waals surface area (Å²) in [4.78, 5) is 9.84. The van der Waals surface area contributed by atoms with Crippen molar-refractivity contribution < 1.29 is 9.13 Å². The van der Waals surface area contributed by atoms with E-state index in [1.54, 1.807) is 19.2 Å². The van der Waals surface area contributed by atoms with Crippen molar-refractivity contribution in [1.29, 1.82) is 0 Å². The smallest absolute Gasteiger partial charge is 0.125 e. The van der Waals surface area contributed by atoms with Gasteiger partial charge >= 0.3 is 0 Å². The van der Waals surface area contributed by atoms with E-state index in [0.717, 1.165) is 48.3 Å². The highest BCUT2D eigenvalue weighted by atomic mass is 19.1. The molecule has 0 atom stereocenters. The number of benzene rings is 2. The summed E-state index contributed by atoms with van der Waals surface area (Å²) in [7, 11) is 3.75. The topological polar surface area (TPSA) is 33.5 Å². The second-order valence-corrected chi connectivity index (χ2v) is 10.1. The van der Waals surface area contributed by atoms with Gasteiger partial charge < -0.3 is 14.2 Å². The molecular weight excluding hydrogens is 439 g/mol. The summed E-state index contributed by atoms with van der Waals surface area (Å²) in [5, 5.41) is 2.34. The van der Waals surface area contributed by atoms with E-state index in [2.05, 4.69) is 43.7 Å². The second-order valence-electron chi connectivity index (χ2n) is 10.1. The number of nitrogens with zero attached hydrogens (tertiary/aromatic N) is 4. The molecule has 6 rings (SSSR count). The molecule has 2 aromatic heterocycles. The number of halogens is 1. The van der Waals surface area contributed by atoms with Crippen molar-refractivity contribution in [1.82, 2.24) is 14.5 Å². The van der Waals surface area contributed by atoms with Gasteiger partial charge in [-0.3, -0.25) is 9.88 Å². The molecular formula is C29H33FN4O. The van der Waals surface area contributed by atoms with Gasteiger partial charge in [-0.1, -0.05) is 6.07 Å². The van der Waals surface area contributed by atoms with E-state index in [1.165, 1.54) is 42.3 Å². The van der Waals surface area contributed by atoms with Crippen LogP contribution in [-0.4, -0.2) is 53.8 Å². The van der Waals surface area contributed by atoms with Gasteiger partial charge in [0.05, 0.1) is 23.8 Å². The summed E-state index contributed by atoms with van der Waals surface area (Å²) < 4.78 is 21.4. The number of aromatic nitrogens is 2. The van der Waals surface area contributed by atoms with Crippen LogP contribution in [0, 0.1) is 5.82 Å². The SMILES string of the molecule is COc1cc(N2CCN(C3CCC(c4cn(C)c5cc(F)ccc45)CC3)CC2)c2ncccc2c1. The van der Waals surface area contributed by atoms with E-state index < -0.39 is 0 Å². The van der Waals surface area contributed by atoms with Crippen LogP contribution in [0.25, 0.3) is 21.8 Å². The fraction of sp³-hybridized carbons (Fsp3) is 0.414. The van der Waals surface area contributed by atoms with Crippen molar-refractivity contribution in [2.24, 2.45) is 7.05 Å².